The zero-order chi connectivity index (χ0) is 12.7. The van der Waals surface area contributed by atoms with E-state index in [9.17, 15) is 9.59 Å². The molecule has 0 aromatic carbocycles. The molecule has 0 aromatic heterocycles. The Labute approximate surface area is 101 Å². The first kappa shape index (κ1) is 13.7. The minimum Gasteiger partial charge on any atom is -0.481 e. The summed E-state index contributed by atoms with van der Waals surface area (Å²) in [6.45, 7) is 4.19. The van der Waals surface area contributed by atoms with E-state index in [1.165, 1.54) is 0 Å². The van der Waals surface area contributed by atoms with Gasteiger partial charge < -0.3 is 21.1 Å². The van der Waals surface area contributed by atoms with Crippen LogP contribution in [0.3, 0.4) is 0 Å². The average Bonchev–Trinajstić information content (AvgIpc) is 2.34. The molecule has 0 aliphatic carbocycles. The van der Waals surface area contributed by atoms with Crippen LogP contribution in [0.15, 0.2) is 0 Å². The number of amides is 2. The highest BCUT2D eigenvalue weighted by molar-refractivity contribution is 5.74. The number of nitrogens with zero attached hydrogens (tertiary/aromatic N) is 2. The van der Waals surface area contributed by atoms with Crippen LogP contribution in [0.5, 0.6) is 0 Å². The lowest BCUT2D eigenvalue weighted by atomic mass is 10.3. The Morgan fingerprint density at radius 3 is 2.41 bits per heavy atom. The van der Waals surface area contributed by atoms with Crippen molar-refractivity contribution in [3.05, 3.63) is 0 Å². The van der Waals surface area contributed by atoms with Crippen molar-refractivity contribution in [2.75, 3.05) is 45.8 Å². The Bertz CT molecular complexity index is 264. The lowest BCUT2D eigenvalue weighted by Crippen LogP contribution is -2.52. The van der Waals surface area contributed by atoms with Crippen LogP contribution in [-0.2, 0) is 4.79 Å². The lowest BCUT2D eigenvalue weighted by molar-refractivity contribution is -0.137. The van der Waals surface area contributed by atoms with E-state index in [1.54, 1.807) is 4.90 Å². The fourth-order valence-electron chi connectivity index (χ4n) is 1.72. The monoisotopic (exact) mass is 244 g/mol. The smallest absolute Gasteiger partial charge is 0.317 e. The minimum absolute atomic E-state index is 0.0895. The number of hydrogen-bond acceptors (Lipinski definition) is 4. The Kier molecular flexibility index (Phi) is 5.71. The van der Waals surface area contributed by atoms with Gasteiger partial charge in [0.15, 0.2) is 0 Å². The second-order valence-electron chi connectivity index (χ2n) is 3.99. The first-order valence-electron chi connectivity index (χ1n) is 5.80. The van der Waals surface area contributed by atoms with Crippen molar-refractivity contribution in [2.45, 2.75) is 6.42 Å². The number of piperazine rings is 1. The van der Waals surface area contributed by atoms with Crippen LogP contribution in [-0.4, -0.2) is 72.7 Å². The molecule has 0 atom stereocenters. The fraction of sp³-hybridized carbons (Fsp3) is 0.800. The molecule has 1 aliphatic rings. The normalized spacial score (nSPS) is 16.9. The van der Waals surface area contributed by atoms with Gasteiger partial charge in [0.1, 0.15) is 0 Å². The molecule has 1 heterocycles. The molecular weight excluding hydrogens is 224 g/mol. The summed E-state index contributed by atoms with van der Waals surface area (Å²) in [5, 5.41) is 11.3. The molecule has 1 aliphatic heterocycles. The van der Waals surface area contributed by atoms with E-state index in [-0.39, 0.29) is 12.5 Å². The van der Waals surface area contributed by atoms with Gasteiger partial charge in [0.2, 0.25) is 0 Å². The van der Waals surface area contributed by atoms with E-state index in [4.69, 9.17) is 10.8 Å². The fourth-order valence-corrected chi connectivity index (χ4v) is 1.72. The van der Waals surface area contributed by atoms with Gasteiger partial charge in [0, 0.05) is 45.8 Å². The third kappa shape index (κ3) is 5.01. The summed E-state index contributed by atoms with van der Waals surface area (Å²) in [7, 11) is 0. The highest BCUT2D eigenvalue weighted by atomic mass is 16.4. The van der Waals surface area contributed by atoms with Crippen molar-refractivity contribution in [2.24, 2.45) is 5.73 Å². The maximum absolute atomic E-state index is 11.6. The molecule has 1 rings (SSSR count). The molecule has 1 fully saturated rings. The Morgan fingerprint density at radius 2 is 1.88 bits per heavy atom. The summed E-state index contributed by atoms with van der Waals surface area (Å²) >= 11 is 0. The zero-order valence-electron chi connectivity index (χ0n) is 9.89. The predicted octanol–water partition coefficient (Wildman–Crippen LogP) is -1.25. The van der Waals surface area contributed by atoms with Crippen molar-refractivity contribution < 1.29 is 14.7 Å². The number of nitrogens with one attached hydrogen (secondary N) is 1. The van der Waals surface area contributed by atoms with Crippen LogP contribution in [0.25, 0.3) is 0 Å². The van der Waals surface area contributed by atoms with E-state index in [1.807, 2.05) is 0 Å². The van der Waals surface area contributed by atoms with Gasteiger partial charge in [-0.25, -0.2) is 4.79 Å². The first-order valence-corrected chi connectivity index (χ1v) is 5.80. The molecule has 7 heteroatoms. The van der Waals surface area contributed by atoms with Gasteiger partial charge in [0.25, 0.3) is 0 Å². The van der Waals surface area contributed by atoms with Crippen LogP contribution in [0.4, 0.5) is 4.79 Å². The van der Waals surface area contributed by atoms with Crippen molar-refractivity contribution in [3.63, 3.8) is 0 Å². The first-order chi connectivity index (χ1) is 8.13. The standard InChI is InChI=1S/C10H20N4O3/c11-2-3-12-10(17)14-7-5-13(6-8-14)4-1-9(15)16/h1-8,11H2,(H,12,17)(H,15,16). The zero-order valence-corrected chi connectivity index (χ0v) is 9.89. The van der Waals surface area contributed by atoms with Crippen molar-refractivity contribution in [1.29, 1.82) is 0 Å². The number of carbonyl (C=O) groups excluding carboxylic acids is 1. The number of carboxylic acids is 1. The van der Waals surface area contributed by atoms with Gasteiger partial charge in [-0.15, -0.1) is 0 Å². The number of hydrogen-bond donors (Lipinski definition) is 3. The molecule has 7 nitrogen and oxygen atoms in total. The number of nitrogens with two attached hydrogens (primary N) is 1. The molecule has 0 radical (unpaired) electrons. The molecule has 1 saturated heterocycles. The highest BCUT2D eigenvalue weighted by Gasteiger charge is 2.20. The third-order valence-electron chi connectivity index (χ3n) is 2.72. The van der Waals surface area contributed by atoms with Crippen LogP contribution >= 0.6 is 0 Å². The van der Waals surface area contributed by atoms with Gasteiger partial charge >= 0.3 is 12.0 Å². The molecule has 0 saturated carbocycles. The quantitative estimate of drug-likeness (QED) is 0.561. The molecule has 4 N–H and O–H groups in total. The van der Waals surface area contributed by atoms with Crippen molar-refractivity contribution in [1.82, 2.24) is 15.1 Å². The van der Waals surface area contributed by atoms with Gasteiger partial charge in [-0.05, 0) is 0 Å². The van der Waals surface area contributed by atoms with Crippen LogP contribution < -0.4 is 11.1 Å². The van der Waals surface area contributed by atoms with Gasteiger partial charge in [-0.2, -0.15) is 0 Å². The molecule has 0 spiro atoms. The number of aliphatic carboxylic acids is 1. The summed E-state index contributed by atoms with van der Waals surface area (Å²) in [5.41, 5.74) is 5.30. The highest BCUT2D eigenvalue weighted by Crippen LogP contribution is 2.02. The van der Waals surface area contributed by atoms with E-state index >= 15 is 0 Å². The third-order valence-corrected chi connectivity index (χ3v) is 2.72. The molecule has 0 bridgehead atoms. The van der Waals surface area contributed by atoms with E-state index < -0.39 is 5.97 Å². The summed E-state index contributed by atoms with van der Waals surface area (Å²) in [6, 6.07) is -0.0895. The topological polar surface area (TPSA) is 98.9 Å². The number of carboxylic acid groups (broad SMARTS) is 1. The Balaban J connectivity index is 2.20. The van der Waals surface area contributed by atoms with Gasteiger partial charge in [-0.1, -0.05) is 0 Å². The Hall–Kier alpha value is -1.34. The Morgan fingerprint density at radius 1 is 1.24 bits per heavy atom. The predicted molar refractivity (Wildman–Crippen MR) is 62.7 cm³/mol. The molecule has 17 heavy (non-hydrogen) atoms. The lowest BCUT2D eigenvalue weighted by Gasteiger charge is -2.34. The molecule has 98 valence electrons. The molecule has 2 amide bonds. The van der Waals surface area contributed by atoms with Crippen molar-refractivity contribution in [3.8, 4) is 0 Å². The SMILES string of the molecule is NCCNC(=O)N1CCN(CCC(=O)O)CC1. The maximum Gasteiger partial charge on any atom is 0.317 e. The molecule has 0 unspecified atom stereocenters. The van der Waals surface area contributed by atoms with Gasteiger partial charge in [0.05, 0.1) is 6.42 Å². The van der Waals surface area contributed by atoms with E-state index in [2.05, 4.69) is 10.2 Å². The maximum atomic E-state index is 11.6. The van der Waals surface area contributed by atoms with Gasteiger partial charge in [-0.3, -0.25) is 9.69 Å². The van der Waals surface area contributed by atoms with Crippen LogP contribution in [0, 0.1) is 0 Å². The van der Waals surface area contributed by atoms with E-state index in [0.29, 0.717) is 32.7 Å². The van der Waals surface area contributed by atoms with Crippen LogP contribution in [0.2, 0.25) is 0 Å². The number of carbonyl (C=O) groups is 2. The van der Waals surface area contributed by atoms with Crippen molar-refractivity contribution >= 4 is 12.0 Å². The van der Waals surface area contributed by atoms with E-state index in [0.717, 1.165) is 13.1 Å². The minimum atomic E-state index is -0.784. The number of rotatable bonds is 5. The average molecular weight is 244 g/mol. The van der Waals surface area contributed by atoms with Crippen LogP contribution in [0.1, 0.15) is 6.42 Å². The summed E-state index contributed by atoms with van der Waals surface area (Å²) in [6.07, 6.45) is 0.152. The summed E-state index contributed by atoms with van der Waals surface area (Å²) in [4.78, 5) is 25.8. The summed E-state index contributed by atoms with van der Waals surface area (Å²) < 4.78 is 0. The second kappa shape index (κ2) is 7.08. The largest absolute Gasteiger partial charge is 0.481 e. The molecule has 0 aromatic rings. The second-order valence-corrected chi connectivity index (χ2v) is 3.99. The number of urea groups is 1. The molecular formula is C10H20N4O3. The summed E-state index contributed by atoms with van der Waals surface area (Å²) in [5.74, 6) is -0.784.